The number of hydrogen-bond acceptors (Lipinski definition) is 2. The van der Waals surface area contributed by atoms with Gasteiger partial charge in [0.1, 0.15) is 5.75 Å². The summed E-state index contributed by atoms with van der Waals surface area (Å²) >= 11 is 0. The van der Waals surface area contributed by atoms with Gasteiger partial charge in [-0.05, 0) is 43.5 Å². The maximum Gasteiger partial charge on any atom is 0.119 e. The van der Waals surface area contributed by atoms with Gasteiger partial charge in [0.15, 0.2) is 0 Å². The van der Waals surface area contributed by atoms with Crippen molar-refractivity contribution in [2.24, 2.45) is 0 Å². The molecule has 0 aliphatic carbocycles. The zero-order valence-electron chi connectivity index (χ0n) is 10.7. The fourth-order valence-corrected chi connectivity index (χ4v) is 1.53. The van der Waals surface area contributed by atoms with Gasteiger partial charge in [0.05, 0.1) is 6.61 Å². The highest BCUT2D eigenvalue weighted by Gasteiger charge is 1.95. The Morgan fingerprint density at radius 1 is 1.29 bits per heavy atom. The monoisotopic (exact) mass is 233 g/mol. The first-order valence-electron chi connectivity index (χ1n) is 6.40. The zero-order valence-corrected chi connectivity index (χ0v) is 10.7. The lowest BCUT2D eigenvalue weighted by Crippen LogP contribution is -2.13. The van der Waals surface area contributed by atoms with Crippen molar-refractivity contribution >= 4 is 0 Å². The fraction of sp³-hybridized carbons (Fsp3) is 0.467. The molecule has 0 aliphatic heterocycles. The third-order valence-corrected chi connectivity index (χ3v) is 2.50. The molecule has 0 aromatic heterocycles. The topological polar surface area (TPSA) is 21.3 Å². The van der Waals surface area contributed by atoms with Crippen LogP contribution in [0.2, 0.25) is 0 Å². The summed E-state index contributed by atoms with van der Waals surface area (Å²) in [6.45, 7) is 8.63. The lowest BCUT2D eigenvalue weighted by atomic mass is 10.2. The van der Waals surface area contributed by atoms with E-state index in [4.69, 9.17) is 4.74 Å². The van der Waals surface area contributed by atoms with Crippen molar-refractivity contribution in [3.05, 3.63) is 42.5 Å². The van der Waals surface area contributed by atoms with Crippen LogP contribution < -0.4 is 10.1 Å². The Morgan fingerprint density at radius 3 is 2.71 bits per heavy atom. The second-order valence-corrected chi connectivity index (χ2v) is 4.10. The van der Waals surface area contributed by atoms with Crippen LogP contribution in [0.4, 0.5) is 0 Å². The molecule has 0 spiro atoms. The molecule has 2 nitrogen and oxygen atoms in total. The van der Waals surface area contributed by atoms with Crippen molar-refractivity contribution in [2.45, 2.75) is 32.7 Å². The lowest BCUT2D eigenvalue weighted by Gasteiger charge is -2.07. The molecule has 0 fully saturated rings. The molecule has 0 atom stereocenters. The van der Waals surface area contributed by atoms with Gasteiger partial charge in [0, 0.05) is 6.54 Å². The molecule has 0 radical (unpaired) electrons. The summed E-state index contributed by atoms with van der Waals surface area (Å²) in [5.74, 6) is 0.952. The predicted molar refractivity (Wildman–Crippen MR) is 73.4 cm³/mol. The molecule has 94 valence electrons. The molecule has 0 saturated carbocycles. The lowest BCUT2D eigenvalue weighted by molar-refractivity contribution is 0.312. The number of nitrogens with one attached hydrogen (secondary N) is 1. The Labute approximate surface area is 105 Å². The van der Waals surface area contributed by atoms with Crippen molar-refractivity contribution in [1.29, 1.82) is 0 Å². The number of hydrogen-bond donors (Lipinski definition) is 1. The SMILES string of the molecule is C=CCCCOc1ccc(CNCCC)cc1. The molecular formula is C15H23NO. The van der Waals surface area contributed by atoms with E-state index in [1.807, 2.05) is 18.2 Å². The number of ether oxygens (including phenoxy) is 1. The van der Waals surface area contributed by atoms with E-state index < -0.39 is 0 Å². The standard InChI is InChI=1S/C15H23NO/c1-3-5-6-12-17-15-9-7-14(8-10-15)13-16-11-4-2/h3,7-10,16H,1,4-6,11-13H2,2H3. The normalized spacial score (nSPS) is 10.2. The minimum atomic E-state index is 0.763. The second-order valence-electron chi connectivity index (χ2n) is 4.10. The van der Waals surface area contributed by atoms with Crippen LogP contribution in [-0.2, 0) is 6.54 Å². The third kappa shape index (κ3) is 6.12. The smallest absolute Gasteiger partial charge is 0.119 e. The van der Waals surface area contributed by atoms with E-state index >= 15 is 0 Å². The Hall–Kier alpha value is -1.28. The van der Waals surface area contributed by atoms with Crippen molar-refractivity contribution in [2.75, 3.05) is 13.2 Å². The molecule has 1 N–H and O–H groups in total. The summed E-state index contributed by atoms with van der Waals surface area (Å²) in [5.41, 5.74) is 1.30. The minimum absolute atomic E-state index is 0.763. The van der Waals surface area contributed by atoms with Crippen LogP contribution in [0.25, 0.3) is 0 Å². The second kappa shape index (κ2) is 8.82. The van der Waals surface area contributed by atoms with Crippen molar-refractivity contribution in [3.8, 4) is 5.75 Å². The number of unbranched alkanes of at least 4 members (excludes halogenated alkanes) is 1. The minimum Gasteiger partial charge on any atom is -0.494 e. The highest BCUT2D eigenvalue weighted by Crippen LogP contribution is 2.12. The summed E-state index contributed by atoms with van der Waals surface area (Å²) < 4.78 is 5.62. The summed E-state index contributed by atoms with van der Waals surface area (Å²) in [7, 11) is 0. The van der Waals surface area contributed by atoms with Crippen LogP contribution in [0.5, 0.6) is 5.75 Å². The molecule has 0 heterocycles. The molecule has 1 aromatic rings. The van der Waals surface area contributed by atoms with Crippen molar-refractivity contribution in [1.82, 2.24) is 5.32 Å². The van der Waals surface area contributed by atoms with E-state index in [9.17, 15) is 0 Å². The maximum atomic E-state index is 5.62. The molecule has 0 bridgehead atoms. The van der Waals surface area contributed by atoms with Gasteiger partial charge in [-0.25, -0.2) is 0 Å². The molecule has 0 unspecified atom stereocenters. The van der Waals surface area contributed by atoms with Crippen LogP contribution in [0, 0.1) is 0 Å². The largest absolute Gasteiger partial charge is 0.494 e. The van der Waals surface area contributed by atoms with Gasteiger partial charge < -0.3 is 10.1 Å². The summed E-state index contributed by atoms with van der Waals surface area (Å²) in [5, 5.41) is 3.38. The zero-order chi connectivity index (χ0) is 12.3. The van der Waals surface area contributed by atoms with E-state index in [1.54, 1.807) is 0 Å². The molecule has 1 rings (SSSR count). The van der Waals surface area contributed by atoms with E-state index in [1.165, 1.54) is 12.0 Å². The van der Waals surface area contributed by atoms with E-state index in [2.05, 4.69) is 31.0 Å². The fourth-order valence-electron chi connectivity index (χ4n) is 1.53. The molecule has 2 heteroatoms. The Balaban J connectivity index is 2.26. The summed E-state index contributed by atoms with van der Waals surface area (Å²) in [4.78, 5) is 0. The van der Waals surface area contributed by atoms with E-state index in [0.717, 1.165) is 38.3 Å². The summed E-state index contributed by atoms with van der Waals surface area (Å²) in [6.07, 6.45) is 5.14. The average molecular weight is 233 g/mol. The molecular weight excluding hydrogens is 210 g/mol. The number of rotatable bonds is 9. The molecule has 17 heavy (non-hydrogen) atoms. The first-order chi connectivity index (χ1) is 8.36. The first-order valence-corrected chi connectivity index (χ1v) is 6.40. The van der Waals surface area contributed by atoms with Crippen LogP contribution in [0.1, 0.15) is 31.7 Å². The van der Waals surface area contributed by atoms with Crippen molar-refractivity contribution in [3.63, 3.8) is 0 Å². The van der Waals surface area contributed by atoms with Gasteiger partial charge >= 0.3 is 0 Å². The molecule has 0 amide bonds. The predicted octanol–water partition coefficient (Wildman–Crippen LogP) is 3.53. The number of allylic oxidation sites excluding steroid dienone is 1. The van der Waals surface area contributed by atoms with E-state index in [-0.39, 0.29) is 0 Å². The third-order valence-electron chi connectivity index (χ3n) is 2.50. The van der Waals surface area contributed by atoms with Gasteiger partial charge in [0.25, 0.3) is 0 Å². The van der Waals surface area contributed by atoms with Crippen LogP contribution in [0.3, 0.4) is 0 Å². The molecule has 0 aliphatic rings. The Kier molecular flexibility index (Phi) is 7.15. The summed E-state index contributed by atoms with van der Waals surface area (Å²) in [6, 6.07) is 8.31. The quantitative estimate of drug-likeness (QED) is 0.520. The Bertz CT molecular complexity index is 305. The van der Waals surface area contributed by atoms with Gasteiger partial charge in [-0.1, -0.05) is 25.1 Å². The first kappa shape index (κ1) is 13.8. The highest BCUT2D eigenvalue weighted by molar-refractivity contribution is 5.27. The van der Waals surface area contributed by atoms with Crippen molar-refractivity contribution < 1.29 is 4.74 Å². The Morgan fingerprint density at radius 2 is 2.06 bits per heavy atom. The van der Waals surface area contributed by atoms with Gasteiger partial charge in [-0.2, -0.15) is 0 Å². The average Bonchev–Trinajstić information content (AvgIpc) is 2.37. The van der Waals surface area contributed by atoms with Crippen LogP contribution in [-0.4, -0.2) is 13.2 Å². The maximum absolute atomic E-state index is 5.62. The van der Waals surface area contributed by atoms with Gasteiger partial charge in [-0.3, -0.25) is 0 Å². The van der Waals surface area contributed by atoms with Gasteiger partial charge in [0.2, 0.25) is 0 Å². The highest BCUT2D eigenvalue weighted by atomic mass is 16.5. The van der Waals surface area contributed by atoms with Crippen LogP contribution in [0.15, 0.2) is 36.9 Å². The van der Waals surface area contributed by atoms with Gasteiger partial charge in [-0.15, -0.1) is 6.58 Å². The number of benzene rings is 1. The molecule has 1 aromatic carbocycles. The van der Waals surface area contributed by atoms with Crippen LogP contribution >= 0.6 is 0 Å². The van der Waals surface area contributed by atoms with E-state index in [0.29, 0.717) is 0 Å². The molecule has 0 saturated heterocycles.